The number of carbonyl (C=O) groups is 1. The van der Waals surface area contributed by atoms with Crippen molar-refractivity contribution in [2.24, 2.45) is 0 Å². The van der Waals surface area contributed by atoms with Gasteiger partial charge in [0.1, 0.15) is 11.2 Å². The summed E-state index contributed by atoms with van der Waals surface area (Å²) in [5.74, 6) is 0. The summed E-state index contributed by atoms with van der Waals surface area (Å²) < 4.78 is 5.31. The highest BCUT2D eigenvalue weighted by Gasteiger charge is 2.41. The van der Waals surface area contributed by atoms with E-state index in [4.69, 9.17) is 4.74 Å². The van der Waals surface area contributed by atoms with Crippen molar-refractivity contribution >= 4 is 6.09 Å². The molecular weight excluding hydrogens is 244 g/mol. The van der Waals surface area contributed by atoms with Gasteiger partial charge in [0, 0.05) is 24.5 Å². The van der Waals surface area contributed by atoms with E-state index in [1.807, 2.05) is 26.8 Å². The van der Waals surface area contributed by atoms with Crippen LogP contribution in [0.4, 0.5) is 4.79 Å². The number of rotatable bonds is 1. The van der Waals surface area contributed by atoms with E-state index in [-0.39, 0.29) is 12.6 Å². The zero-order chi connectivity index (χ0) is 14.1. The molecule has 1 saturated heterocycles. The average molecular weight is 264 g/mol. The molecule has 1 N–H and O–H groups in total. The molecule has 1 aromatic heterocycles. The van der Waals surface area contributed by atoms with Crippen LogP contribution in [-0.4, -0.2) is 39.8 Å². The SMILES string of the molecule is CC(C)(C)OC(=O)N1CCC(O)(c2cccnc2)C1. The van der Waals surface area contributed by atoms with Gasteiger partial charge in [-0.25, -0.2) is 4.79 Å². The fourth-order valence-electron chi connectivity index (χ4n) is 2.15. The minimum Gasteiger partial charge on any atom is -0.444 e. The van der Waals surface area contributed by atoms with Crippen molar-refractivity contribution in [1.29, 1.82) is 0 Å². The molecule has 0 aromatic carbocycles. The van der Waals surface area contributed by atoms with E-state index < -0.39 is 11.2 Å². The van der Waals surface area contributed by atoms with Crippen molar-refractivity contribution in [3.8, 4) is 0 Å². The number of amides is 1. The molecule has 19 heavy (non-hydrogen) atoms. The summed E-state index contributed by atoms with van der Waals surface area (Å²) in [5.41, 5.74) is -0.807. The molecule has 0 bridgehead atoms. The second-order valence-electron chi connectivity index (χ2n) is 5.93. The number of hydrogen-bond acceptors (Lipinski definition) is 4. The fourth-order valence-corrected chi connectivity index (χ4v) is 2.15. The van der Waals surface area contributed by atoms with E-state index in [1.165, 1.54) is 4.90 Å². The van der Waals surface area contributed by atoms with Crippen molar-refractivity contribution in [2.45, 2.75) is 38.4 Å². The number of ether oxygens (including phenoxy) is 1. The van der Waals surface area contributed by atoms with Crippen LogP contribution < -0.4 is 0 Å². The minimum absolute atomic E-state index is 0.244. The Bertz CT molecular complexity index is 456. The van der Waals surface area contributed by atoms with Crippen LogP contribution in [0.25, 0.3) is 0 Å². The van der Waals surface area contributed by atoms with Crippen LogP contribution in [0.2, 0.25) is 0 Å². The summed E-state index contributed by atoms with van der Waals surface area (Å²) in [6, 6.07) is 3.61. The van der Waals surface area contributed by atoms with Gasteiger partial charge < -0.3 is 14.7 Å². The van der Waals surface area contributed by atoms with Crippen molar-refractivity contribution in [3.05, 3.63) is 30.1 Å². The van der Waals surface area contributed by atoms with Gasteiger partial charge in [0.15, 0.2) is 0 Å². The number of pyridine rings is 1. The lowest BCUT2D eigenvalue weighted by Crippen LogP contribution is -2.38. The van der Waals surface area contributed by atoms with E-state index in [2.05, 4.69) is 4.98 Å². The van der Waals surface area contributed by atoms with E-state index in [0.717, 1.165) is 5.56 Å². The first kappa shape index (κ1) is 13.8. The Morgan fingerprint density at radius 1 is 1.53 bits per heavy atom. The number of aliphatic hydroxyl groups is 1. The second-order valence-corrected chi connectivity index (χ2v) is 5.93. The Hall–Kier alpha value is -1.62. The molecule has 0 aliphatic carbocycles. The summed E-state index contributed by atoms with van der Waals surface area (Å²) in [4.78, 5) is 17.5. The first-order valence-electron chi connectivity index (χ1n) is 6.41. The predicted octanol–water partition coefficient (Wildman–Crippen LogP) is 1.91. The minimum atomic E-state index is -1.02. The third-order valence-electron chi connectivity index (χ3n) is 3.10. The number of hydrogen-bond donors (Lipinski definition) is 1. The zero-order valence-electron chi connectivity index (χ0n) is 11.6. The Morgan fingerprint density at radius 3 is 2.84 bits per heavy atom. The summed E-state index contributed by atoms with van der Waals surface area (Å²) in [7, 11) is 0. The van der Waals surface area contributed by atoms with Crippen LogP contribution in [-0.2, 0) is 10.3 Å². The maximum absolute atomic E-state index is 12.0. The second kappa shape index (κ2) is 4.81. The Morgan fingerprint density at radius 2 is 2.26 bits per heavy atom. The van der Waals surface area contributed by atoms with E-state index in [0.29, 0.717) is 13.0 Å². The molecule has 1 atom stereocenters. The highest BCUT2D eigenvalue weighted by atomic mass is 16.6. The molecule has 1 aromatic rings. The van der Waals surface area contributed by atoms with Gasteiger partial charge in [-0.15, -0.1) is 0 Å². The van der Waals surface area contributed by atoms with Crippen molar-refractivity contribution in [1.82, 2.24) is 9.88 Å². The van der Waals surface area contributed by atoms with Crippen molar-refractivity contribution in [3.63, 3.8) is 0 Å². The molecule has 1 aliphatic rings. The molecule has 1 unspecified atom stereocenters. The zero-order valence-corrected chi connectivity index (χ0v) is 11.6. The van der Waals surface area contributed by atoms with E-state index in [9.17, 15) is 9.90 Å². The Kier molecular flexibility index (Phi) is 3.49. The first-order valence-corrected chi connectivity index (χ1v) is 6.41. The molecule has 0 saturated carbocycles. The lowest BCUT2D eigenvalue weighted by Gasteiger charge is -2.26. The maximum atomic E-state index is 12.0. The standard InChI is InChI=1S/C14H20N2O3/c1-13(2,3)19-12(17)16-8-6-14(18,10-16)11-5-4-7-15-9-11/h4-5,7,9,18H,6,8,10H2,1-3H3. The van der Waals surface area contributed by atoms with Crippen LogP contribution in [0.1, 0.15) is 32.8 Å². The van der Waals surface area contributed by atoms with Crippen molar-refractivity contribution < 1.29 is 14.6 Å². The van der Waals surface area contributed by atoms with E-state index >= 15 is 0 Å². The topological polar surface area (TPSA) is 62.7 Å². The van der Waals surface area contributed by atoms with Crippen LogP contribution in [0.15, 0.2) is 24.5 Å². The molecule has 5 nitrogen and oxygen atoms in total. The molecular formula is C14H20N2O3. The van der Waals surface area contributed by atoms with Crippen LogP contribution in [0.3, 0.4) is 0 Å². The van der Waals surface area contributed by atoms with Gasteiger partial charge in [0.05, 0.1) is 6.54 Å². The first-order chi connectivity index (χ1) is 8.80. The molecule has 104 valence electrons. The van der Waals surface area contributed by atoms with E-state index in [1.54, 1.807) is 18.5 Å². The lowest BCUT2D eigenvalue weighted by atomic mass is 9.95. The number of aromatic nitrogens is 1. The molecule has 0 radical (unpaired) electrons. The molecule has 0 spiro atoms. The molecule has 1 aliphatic heterocycles. The van der Waals surface area contributed by atoms with Crippen LogP contribution >= 0.6 is 0 Å². The highest BCUT2D eigenvalue weighted by Crippen LogP contribution is 2.32. The third kappa shape index (κ3) is 3.23. The fraction of sp³-hybridized carbons (Fsp3) is 0.571. The Labute approximate surface area is 113 Å². The summed E-state index contributed by atoms with van der Waals surface area (Å²) in [5, 5.41) is 10.6. The molecule has 2 heterocycles. The lowest BCUT2D eigenvalue weighted by molar-refractivity contribution is 0.0139. The summed E-state index contributed by atoms with van der Waals surface area (Å²) >= 11 is 0. The molecule has 2 rings (SSSR count). The quantitative estimate of drug-likeness (QED) is 0.841. The van der Waals surface area contributed by atoms with Crippen LogP contribution in [0.5, 0.6) is 0 Å². The monoisotopic (exact) mass is 264 g/mol. The summed E-state index contributed by atoms with van der Waals surface area (Å²) in [6.07, 6.45) is 3.41. The average Bonchev–Trinajstić information content (AvgIpc) is 2.73. The van der Waals surface area contributed by atoms with Gasteiger partial charge in [-0.1, -0.05) is 6.07 Å². The molecule has 1 fully saturated rings. The third-order valence-corrected chi connectivity index (χ3v) is 3.10. The number of β-amino-alcohol motifs (C(OH)–C–C–N with tert-alkyl or cyclic N) is 1. The number of likely N-dealkylation sites (tertiary alicyclic amines) is 1. The molecule has 1 amide bonds. The highest BCUT2D eigenvalue weighted by molar-refractivity contribution is 5.68. The van der Waals surface area contributed by atoms with Gasteiger partial charge in [0.25, 0.3) is 0 Å². The van der Waals surface area contributed by atoms with Crippen molar-refractivity contribution in [2.75, 3.05) is 13.1 Å². The Balaban J connectivity index is 2.06. The van der Waals surface area contributed by atoms with Gasteiger partial charge in [-0.05, 0) is 33.3 Å². The van der Waals surface area contributed by atoms with Crippen LogP contribution in [0, 0.1) is 0 Å². The maximum Gasteiger partial charge on any atom is 0.410 e. The smallest absolute Gasteiger partial charge is 0.410 e. The van der Waals surface area contributed by atoms with Gasteiger partial charge in [-0.2, -0.15) is 0 Å². The summed E-state index contributed by atoms with van der Waals surface area (Å²) in [6.45, 7) is 6.21. The largest absolute Gasteiger partial charge is 0.444 e. The number of carbonyl (C=O) groups excluding carboxylic acids is 1. The predicted molar refractivity (Wildman–Crippen MR) is 70.6 cm³/mol. The normalized spacial score (nSPS) is 23.5. The molecule has 5 heteroatoms. The van der Waals surface area contributed by atoms with Gasteiger partial charge in [-0.3, -0.25) is 4.98 Å². The number of nitrogens with zero attached hydrogens (tertiary/aromatic N) is 2. The van der Waals surface area contributed by atoms with Gasteiger partial charge in [0.2, 0.25) is 0 Å². The van der Waals surface area contributed by atoms with Gasteiger partial charge >= 0.3 is 6.09 Å².